The number of benzene rings is 7. The van der Waals surface area contributed by atoms with Gasteiger partial charge >= 0.3 is 0 Å². The maximum Gasteiger partial charge on any atom is 0.137 e. The van der Waals surface area contributed by atoms with E-state index >= 15 is 0 Å². The zero-order valence-corrected chi connectivity index (χ0v) is 26.0. The number of furan rings is 1. The lowest BCUT2D eigenvalue weighted by atomic mass is 10.0. The van der Waals surface area contributed by atoms with Gasteiger partial charge < -0.3 is 14.3 Å². The summed E-state index contributed by atoms with van der Waals surface area (Å²) in [4.78, 5) is 5.23. The van der Waals surface area contributed by atoms with Crippen LogP contribution in [0.3, 0.4) is 0 Å². The van der Waals surface area contributed by atoms with Gasteiger partial charge in [-0.25, -0.2) is 4.99 Å². The summed E-state index contributed by atoms with van der Waals surface area (Å²) in [7, 11) is 0. The first-order chi connectivity index (χ1) is 23.8. The highest BCUT2D eigenvalue weighted by atomic mass is 16.3. The van der Waals surface area contributed by atoms with Crippen molar-refractivity contribution in [1.29, 1.82) is 0 Å². The van der Waals surface area contributed by atoms with E-state index < -0.39 is 0 Å². The lowest BCUT2D eigenvalue weighted by Gasteiger charge is -2.32. The highest BCUT2D eigenvalue weighted by Gasteiger charge is 2.27. The summed E-state index contributed by atoms with van der Waals surface area (Å²) < 4.78 is 8.99. The molecular weight excluding hydrogens is 589 g/mol. The van der Waals surface area contributed by atoms with Crippen molar-refractivity contribution in [3.05, 3.63) is 174 Å². The number of hydrogen-bond acceptors (Lipinski definition) is 4. The molecule has 3 heterocycles. The second-order valence-electron chi connectivity index (χ2n) is 12.4. The van der Waals surface area contributed by atoms with Gasteiger partial charge in [-0.1, -0.05) is 121 Å². The first kappa shape index (κ1) is 27.0. The van der Waals surface area contributed by atoms with Crippen LogP contribution >= 0.6 is 0 Å². The molecule has 0 saturated heterocycles. The molecule has 5 nitrogen and oxygen atoms in total. The van der Waals surface area contributed by atoms with E-state index in [9.17, 15) is 0 Å². The standard InChI is InChI=1S/C43H30N4O/c1-3-13-28(14-4-1)41-44-42(29-15-5-2-6-16-29)46-43(45-41)34-19-11-21-37-40(34)33-24-23-30(26-38(33)48-37)47-35-20-10-9-18-32(35)39-31-17-8-7-12-27(31)22-25-36(39)47/h1-26,41-42,44H,(H,45,46). The number of rotatable bonds is 4. The minimum absolute atomic E-state index is 0.115. The predicted molar refractivity (Wildman–Crippen MR) is 197 cm³/mol. The molecule has 1 aliphatic rings. The van der Waals surface area contributed by atoms with Gasteiger partial charge in [-0.15, -0.1) is 0 Å². The number of amidine groups is 1. The van der Waals surface area contributed by atoms with Crippen molar-refractivity contribution in [2.75, 3.05) is 0 Å². The minimum Gasteiger partial charge on any atom is -0.456 e. The summed E-state index contributed by atoms with van der Waals surface area (Å²) in [5.41, 5.74) is 8.38. The Morgan fingerprint density at radius 1 is 0.542 bits per heavy atom. The first-order valence-electron chi connectivity index (χ1n) is 16.4. The van der Waals surface area contributed by atoms with Crippen LogP contribution in [-0.2, 0) is 0 Å². The summed E-state index contributed by atoms with van der Waals surface area (Å²) >= 11 is 0. The molecule has 10 rings (SSSR count). The molecule has 0 aliphatic carbocycles. The zero-order valence-electron chi connectivity index (χ0n) is 26.0. The second kappa shape index (κ2) is 10.7. The third-order valence-electron chi connectivity index (χ3n) is 9.67. The van der Waals surface area contributed by atoms with Crippen LogP contribution in [0.4, 0.5) is 0 Å². The lowest BCUT2D eigenvalue weighted by Crippen LogP contribution is -2.45. The Hall–Kier alpha value is -6.17. The van der Waals surface area contributed by atoms with E-state index in [2.05, 4.69) is 161 Å². The van der Waals surface area contributed by atoms with Gasteiger partial charge in [-0.2, -0.15) is 0 Å². The molecule has 0 bridgehead atoms. The van der Waals surface area contributed by atoms with Crippen molar-refractivity contribution in [2.24, 2.45) is 4.99 Å². The van der Waals surface area contributed by atoms with E-state index in [1.165, 1.54) is 32.6 Å². The fourth-order valence-corrected chi connectivity index (χ4v) is 7.49. The van der Waals surface area contributed by atoms with Crippen LogP contribution in [0.5, 0.6) is 0 Å². The molecule has 0 amide bonds. The van der Waals surface area contributed by atoms with E-state index in [1.54, 1.807) is 0 Å². The molecule has 2 N–H and O–H groups in total. The van der Waals surface area contributed by atoms with Crippen LogP contribution in [0, 0.1) is 0 Å². The van der Waals surface area contributed by atoms with Gasteiger partial charge in [-0.05, 0) is 52.2 Å². The molecule has 0 radical (unpaired) electrons. The molecule has 7 aromatic carbocycles. The summed E-state index contributed by atoms with van der Waals surface area (Å²) in [6.07, 6.45) is -0.325. The summed E-state index contributed by atoms with van der Waals surface area (Å²) in [5, 5.41) is 14.5. The minimum atomic E-state index is -0.209. The number of para-hydroxylation sites is 1. The summed E-state index contributed by atoms with van der Waals surface area (Å²) in [6.45, 7) is 0. The average molecular weight is 619 g/mol. The van der Waals surface area contributed by atoms with Crippen LogP contribution in [-0.4, -0.2) is 10.4 Å². The molecule has 5 heteroatoms. The van der Waals surface area contributed by atoms with Gasteiger partial charge in [0.25, 0.3) is 0 Å². The van der Waals surface area contributed by atoms with Crippen LogP contribution in [0.25, 0.3) is 60.2 Å². The molecule has 9 aromatic rings. The van der Waals surface area contributed by atoms with E-state index in [0.717, 1.165) is 50.2 Å². The van der Waals surface area contributed by atoms with Crippen molar-refractivity contribution < 1.29 is 4.42 Å². The molecule has 2 aromatic heterocycles. The molecule has 228 valence electrons. The Balaban J connectivity index is 1.15. The molecule has 0 fully saturated rings. The fourth-order valence-electron chi connectivity index (χ4n) is 7.49. The normalized spacial score (nSPS) is 16.5. The van der Waals surface area contributed by atoms with Gasteiger partial charge in [0, 0.05) is 38.9 Å². The number of fused-ring (bicyclic) bond motifs is 8. The molecule has 48 heavy (non-hydrogen) atoms. The molecule has 1 aliphatic heterocycles. The number of nitrogens with one attached hydrogen (secondary N) is 2. The van der Waals surface area contributed by atoms with Crippen LogP contribution in [0.1, 0.15) is 29.0 Å². The van der Waals surface area contributed by atoms with Crippen molar-refractivity contribution in [1.82, 2.24) is 15.2 Å². The zero-order chi connectivity index (χ0) is 31.6. The Kier molecular flexibility index (Phi) is 6.01. The summed E-state index contributed by atoms with van der Waals surface area (Å²) in [6, 6.07) is 55.5. The van der Waals surface area contributed by atoms with Crippen LogP contribution < -0.4 is 10.6 Å². The van der Waals surface area contributed by atoms with Crippen molar-refractivity contribution in [2.45, 2.75) is 12.3 Å². The Morgan fingerprint density at radius 2 is 1.29 bits per heavy atom. The lowest BCUT2D eigenvalue weighted by molar-refractivity contribution is 0.409. The van der Waals surface area contributed by atoms with Crippen LogP contribution in [0.15, 0.2) is 167 Å². The Labute approximate surface area is 276 Å². The van der Waals surface area contributed by atoms with E-state index in [-0.39, 0.29) is 12.3 Å². The molecule has 2 unspecified atom stereocenters. The molecule has 0 saturated carbocycles. The number of aromatic nitrogens is 1. The third-order valence-corrected chi connectivity index (χ3v) is 9.67. The topological polar surface area (TPSA) is 54.5 Å². The van der Waals surface area contributed by atoms with Crippen LogP contribution in [0.2, 0.25) is 0 Å². The van der Waals surface area contributed by atoms with Crippen molar-refractivity contribution in [3.8, 4) is 5.69 Å². The largest absolute Gasteiger partial charge is 0.456 e. The van der Waals surface area contributed by atoms with Gasteiger partial charge in [-0.3, -0.25) is 5.32 Å². The van der Waals surface area contributed by atoms with Crippen molar-refractivity contribution in [3.63, 3.8) is 0 Å². The van der Waals surface area contributed by atoms with E-state index in [1.807, 2.05) is 12.1 Å². The highest BCUT2D eigenvalue weighted by molar-refractivity contribution is 6.22. The van der Waals surface area contributed by atoms with Gasteiger partial charge in [0.1, 0.15) is 29.3 Å². The molecule has 2 atom stereocenters. The SMILES string of the molecule is c1ccc(C2N=C(c3cccc4oc5cc(-n6c7ccccc7c7c8ccccc8ccc76)ccc5c34)NC(c3ccccc3)N2)cc1. The Morgan fingerprint density at radius 3 is 2.15 bits per heavy atom. The smallest absolute Gasteiger partial charge is 0.137 e. The third kappa shape index (κ3) is 4.18. The highest BCUT2D eigenvalue weighted by Crippen LogP contribution is 2.39. The maximum absolute atomic E-state index is 6.63. The van der Waals surface area contributed by atoms with Gasteiger partial charge in [0.15, 0.2) is 0 Å². The molecular formula is C43H30N4O. The average Bonchev–Trinajstić information content (AvgIpc) is 3.71. The second-order valence-corrected chi connectivity index (χ2v) is 12.4. The van der Waals surface area contributed by atoms with Gasteiger partial charge in [0.05, 0.1) is 11.0 Å². The predicted octanol–water partition coefficient (Wildman–Crippen LogP) is 10.2. The number of hydrogen-bond donors (Lipinski definition) is 2. The fraction of sp³-hybridized carbons (Fsp3) is 0.0465. The monoisotopic (exact) mass is 618 g/mol. The Bertz CT molecular complexity index is 2690. The quantitative estimate of drug-likeness (QED) is 0.206. The van der Waals surface area contributed by atoms with Crippen molar-refractivity contribution >= 4 is 60.4 Å². The molecule has 0 spiro atoms. The number of nitrogens with zero attached hydrogens (tertiary/aromatic N) is 2. The van der Waals surface area contributed by atoms with E-state index in [4.69, 9.17) is 9.41 Å². The first-order valence-corrected chi connectivity index (χ1v) is 16.4. The van der Waals surface area contributed by atoms with Gasteiger partial charge in [0.2, 0.25) is 0 Å². The van der Waals surface area contributed by atoms with E-state index in [0.29, 0.717) is 0 Å². The summed E-state index contributed by atoms with van der Waals surface area (Å²) in [5.74, 6) is 0.836. The maximum atomic E-state index is 6.63. The number of aliphatic imine (C=N–C) groups is 1.